The third-order valence-corrected chi connectivity index (χ3v) is 4.23. The van der Waals surface area contributed by atoms with Gasteiger partial charge in [-0.2, -0.15) is 74.6 Å². The number of aliphatic hydroxyl groups is 1. The molecule has 0 aliphatic rings. The fourth-order valence-corrected chi connectivity index (χ4v) is 2.18. The second kappa shape index (κ2) is 9.85. The molecule has 206 valence electrons. The molecular formula is C17H13F17O. The molecule has 0 saturated carbocycles. The highest BCUT2D eigenvalue weighted by molar-refractivity contribution is 5.32. The molecule has 0 amide bonds. The molecule has 0 aromatic heterocycles. The van der Waals surface area contributed by atoms with Crippen molar-refractivity contribution in [2.45, 2.75) is 73.8 Å². The minimum Gasteiger partial charge on any atom is -0.384 e. The molecular weight excluding hydrogens is 543 g/mol. The molecule has 18 heteroatoms. The van der Waals surface area contributed by atoms with Crippen LogP contribution in [-0.2, 0) is 0 Å². The first-order chi connectivity index (χ1) is 15.2. The summed E-state index contributed by atoms with van der Waals surface area (Å²) >= 11 is 0. The van der Waals surface area contributed by atoms with Crippen LogP contribution in [0.5, 0.6) is 0 Å². The summed E-state index contributed by atoms with van der Waals surface area (Å²) in [5.74, 6) is -53.6. The van der Waals surface area contributed by atoms with Crippen LogP contribution < -0.4 is 0 Å². The lowest BCUT2D eigenvalue weighted by Crippen LogP contribution is -2.74. The molecule has 0 atom stereocenters. The molecule has 35 heavy (non-hydrogen) atoms. The van der Waals surface area contributed by atoms with Gasteiger partial charge in [0.05, 0.1) is 0 Å². The molecule has 0 aromatic rings. The molecule has 0 bridgehead atoms. The van der Waals surface area contributed by atoms with Gasteiger partial charge in [0.25, 0.3) is 0 Å². The molecule has 0 aromatic carbocycles. The van der Waals surface area contributed by atoms with E-state index in [1.807, 2.05) is 0 Å². The van der Waals surface area contributed by atoms with E-state index < -0.39 is 72.3 Å². The Labute approximate surface area is 184 Å². The van der Waals surface area contributed by atoms with E-state index >= 15 is 0 Å². The summed E-state index contributed by atoms with van der Waals surface area (Å²) in [6, 6.07) is 0. The summed E-state index contributed by atoms with van der Waals surface area (Å²) in [5.41, 5.74) is -1.25. The molecule has 0 rings (SSSR count). The van der Waals surface area contributed by atoms with Crippen molar-refractivity contribution in [1.82, 2.24) is 0 Å². The zero-order valence-electron chi connectivity index (χ0n) is 16.8. The Hall–Kier alpha value is -1.93. The van der Waals surface area contributed by atoms with E-state index in [1.54, 1.807) is 5.92 Å². The van der Waals surface area contributed by atoms with Crippen LogP contribution in [0.15, 0.2) is 11.6 Å². The summed E-state index contributed by atoms with van der Waals surface area (Å²) in [7, 11) is 0. The zero-order chi connectivity index (χ0) is 28.5. The van der Waals surface area contributed by atoms with Gasteiger partial charge < -0.3 is 5.11 Å². The maximum absolute atomic E-state index is 13.9. The number of hydrogen-bond donors (Lipinski definition) is 1. The fraction of sp³-hybridized carbons (Fsp3) is 0.765. The quantitative estimate of drug-likeness (QED) is 0.225. The molecule has 1 N–H and O–H groups in total. The van der Waals surface area contributed by atoms with E-state index in [0.717, 1.165) is 0 Å². The van der Waals surface area contributed by atoms with Gasteiger partial charge in [-0.25, -0.2) is 0 Å². The molecule has 0 aliphatic carbocycles. The third kappa shape index (κ3) is 5.29. The highest BCUT2D eigenvalue weighted by Crippen LogP contribution is 2.64. The summed E-state index contributed by atoms with van der Waals surface area (Å²) in [6.45, 7) is 0.242. The Morgan fingerprint density at radius 3 is 1.34 bits per heavy atom. The SMILES string of the molecule is CCCC/C(C#CCO)=C\C(F)(F)C(F)(F)C(F)(F)C(F)(F)C(F)(F)C(F)(F)C(F)(F)C(F)(F)F. The maximum atomic E-state index is 13.9. The van der Waals surface area contributed by atoms with Crippen LogP contribution in [0.2, 0.25) is 0 Å². The number of allylic oxidation sites excluding steroid dienone is 2. The highest BCUT2D eigenvalue weighted by Gasteiger charge is 2.95. The van der Waals surface area contributed by atoms with Crippen LogP contribution in [0.25, 0.3) is 0 Å². The number of aliphatic hydroxyl groups excluding tert-OH is 1. The zero-order valence-corrected chi connectivity index (χ0v) is 16.8. The monoisotopic (exact) mass is 556 g/mol. The Morgan fingerprint density at radius 1 is 0.629 bits per heavy atom. The Balaban J connectivity index is 6.86. The predicted molar refractivity (Wildman–Crippen MR) is 83.2 cm³/mol. The van der Waals surface area contributed by atoms with Crippen molar-refractivity contribution < 1.29 is 79.7 Å². The van der Waals surface area contributed by atoms with Crippen LogP contribution in [0, 0.1) is 11.8 Å². The van der Waals surface area contributed by atoms with Crippen molar-refractivity contribution in [2.75, 3.05) is 6.61 Å². The lowest BCUT2D eigenvalue weighted by Gasteiger charge is -2.42. The number of rotatable bonds is 10. The first-order valence-electron chi connectivity index (χ1n) is 8.77. The average Bonchev–Trinajstić information content (AvgIpc) is 2.67. The van der Waals surface area contributed by atoms with Crippen LogP contribution >= 0.6 is 0 Å². The van der Waals surface area contributed by atoms with Gasteiger partial charge in [-0.3, -0.25) is 0 Å². The van der Waals surface area contributed by atoms with Gasteiger partial charge in [0.1, 0.15) is 6.61 Å². The van der Waals surface area contributed by atoms with Gasteiger partial charge in [0, 0.05) is 11.6 Å². The minimum atomic E-state index is -8.66. The van der Waals surface area contributed by atoms with Crippen LogP contribution in [0.1, 0.15) is 26.2 Å². The summed E-state index contributed by atoms with van der Waals surface area (Å²) < 4.78 is 225. The van der Waals surface area contributed by atoms with E-state index in [9.17, 15) is 74.6 Å². The predicted octanol–water partition coefficient (Wildman–Crippen LogP) is 7.11. The van der Waals surface area contributed by atoms with Crippen molar-refractivity contribution in [3.63, 3.8) is 0 Å². The number of unbranched alkanes of at least 4 members (excludes halogenated alkanes) is 1. The van der Waals surface area contributed by atoms with Gasteiger partial charge in [-0.15, -0.1) is 0 Å². The molecule has 0 fully saturated rings. The van der Waals surface area contributed by atoms with Crippen LogP contribution in [0.4, 0.5) is 74.6 Å². The minimum absolute atomic E-state index is 0.100. The molecule has 0 unspecified atom stereocenters. The Morgan fingerprint density at radius 2 is 1.00 bits per heavy atom. The largest absolute Gasteiger partial charge is 0.460 e. The second-order valence-corrected chi connectivity index (χ2v) is 6.80. The topological polar surface area (TPSA) is 20.2 Å². The van der Waals surface area contributed by atoms with Crippen LogP contribution in [-0.4, -0.2) is 59.3 Å². The van der Waals surface area contributed by atoms with Crippen molar-refractivity contribution in [3.8, 4) is 11.8 Å². The normalized spacial score (nSPS) is 15.7. The van der Waals surface area contributed by atoms with Gasteiger partial charge in [0.15, 0.2) is 0 Å². The fourth-order valence-electron chi connectivity index (χ4n) is 2.18. The Bertz CT molecular complexity index is 826. The standard InChI is InChI=1S/C17H13F17O/c1-2-3-5-9(6-4-7-35)8-10(18,19)11(20,21)12(22,23)13(24,25)14(26,27)15(28,29)16(30,31)17(32,33)34/h8,35H,2-3,5,7H2,1H3/b9-8+. The van der Waals surface area contributed by atoms with Gasteiger partial charge >= 0.3 is 47.6 Å². The molecule has 0 heterocycles. The molecule has 0 radical (unpaired) electrons. The number of hydrogen-bond acceptors (Lipinski definition) is 1. The molecule has 0 spiro atoms. The van der Waals surface area contributed by atoms with E-state index in [-0.39, 0.29) is 12.8 Å². The van der Waals surface area contributed by atoms with E-state index in [2.05, 4.69) is 0 Å². The molecule has 1 nitrogen and oxygen atoms in total. The summed E-state index contributed by atoms with van der Waals surface area (Å²) in [4.78, 5) is 0. The summed E-state index contributed by atoms with van der Waals surface area (Å²) in [5, 5.41) is 8.47. The van der Waals surface area contributed by atoms with E-state index in [4.69, 9.17) is 5.11 Å². The first-order valence-corrected chi connectivity index (χ1v) is 8.77. The van der Waals surface area contributed by atoms with Crippen LogP contribution in [0.3, 0.4) is 0 Å². The van der Waals surface area contributed by atoms with Crippen molar-refractivity contribution >= 4 is 0 Å². The average molecular weight is 556 g/mol. The first kappa shape index (κ1) is 33.1. The molecule has 0 saturated heterocycles. The van der Waals surface area contributed by atoms with E-state index in [0.29, 0.717) is 0 Å². The van der Waals surface area contributed by atoms with Gasteiger partial charge in [-0.1, -0.05) is 25.2 Å². The Kier molecular flexibility index (Phi) is 9.30. The molecule has 0 aliphatic heterocycles. The maximum Gasteiger partial charge on any atom is 0.460 e. The number of halogens is 17. The van der Waals surface area contributed by atoms with Gasteiger partial charge in [0.2, 0.25) is 0 Å². The highest BCUT2D eigenvalue weighted by atomic mass is 19.4. The second-order valence-electron chi connectivity index (χ2n) is 6.80. The van der Waals surface area contributed by atoms with Crippen molar-refractivity contribution in [2.24, 2.45) is 0 Å². The van der Waals surface area contributed by atoms with Crippen molar-refractivity contribution in [3.05, 3.63) is 11.6 Å². The van der Waals surface area contributed by atoms with Crippen molar-refractivity contribution in [1.29, 1.82) is 0 Å². The third-order valence-electron chi connectivity index (χ3n) is 4.23. The van der Waals surface area contributed by atoms with E-state index in [1.165, 1.54) is 12.8 Å². The smallest absolute Gasteiger partial charge is 0.384 e. The van der Waals surface area contributed by atoms with Gasteiger partial charge in [-0.05, 0) is 12.8 Å². The lowest BCUT2D eigenvalue weighted by molar-refractivity contribution is -0.459. The lowest BCUT2D eigenvalue weighted by atomic mass is 9.88. The summed E-state index contributed by atoms with van der Waals surface area (Å²) in [6.07, 6.45) is -9.89. The number of alkyl halides is 17.